The van der Waals surface area contributed by atoms with Crippen LogP contribution in [0.25, 0.3) is 0 Å². The van der Waals surface area contributed by atoms with Crippen molar-refractivity contribution in [1.29, 1.82) is 0 Å². The van der Waals surface area contributed by atoms with E-state index in [4.69, 9.17) is 11.6 Å². The van der Waals surface area contributed by atoms with Crippen LogP contribution in [-0.2, 0) is 11.3 Å². The predicted molar refractivity (Wildman–Crippen MR) is 115 cm³/mol. The van der Waals surface area contributed by atoms with Gasteiger partial charge in [-0.2, -0.15) is 9.37 Å². The molecule has 5 rings (SSSR count). The second kappa shape index (κ2) is 7.59. The van der Waals surface area contributed by atoms with Gasteiger partial charge in [0.05, 0.1) is 5.02 Å². The summed E-state index contributed by atoms with van der Waals surface area (Å²) < 4.78 is 28.9. The minimum atomic E-state index is -0.660. The molecule has 154 valence electrons. The van der Waals surface area contributed by atoms with E-state index in [1.54, 1.807) is 12.1 Å². The van der Waals surface area contributed by atoms with Crippen molar-refractivity contribution in [1.82, 2.24) is 0 Å². The van der Waals surface area contributed by atoms with Gasteiger partial charge in [0.15, 0.2) is 5.25 Å². The van der Waals surface area contributed by atoms with E-state index >= 15 is 0 Å². The van der Waals surface area contributed by atoms with Crippen LogP contribution in [0.3, 0.4) is 0 Å². The smallest absolute Gasteiger partial charge is 0.244 e. The van der Waals surface area contributed by atoms with Crippen LogP contribution < -0.4 is 4.90 Å². The van der Waals surface area contributed by atoms with E-state index in [0.29, 0.717) is 11.3 Å². The maximum Gasteiger partial charge on any atom is 0.506 e. The van der Waals surface area contributed by atoms with Gasteiger partial charge in [0.25, 0.3) is 0 Å². The minimum Gasteiger partial charge on any atom is -0.244 e. The second-order valence-electron chi connectivity index (χ2n) is 7.15. The average Bonchev–Trinajstić information content (AvgIpc) is 3.14. The Morgan fingerprint density at radius 1 is 1.00 bits per heavy atom. The largest absolute Gasteiger partial charge is 0.506 e. The van der Waals surface area contributed by atoms with E-state index in [2.05, 4.69) is 0 Å². The van der Waals surface area contributed by atoms with Crippen molar-refractivity contribution in [3.63, 3.8) is 0 Å². The van der Waals surface area contributed by atoms with Crippen LogP contribution in [0.15, 0.2) is 71.6 Å². The average molecular weight is 456 g/mol. The molecule has 0 saturated heterocycles. The molecule has 1 atom stereocenters. The van der Waals surface area contributed by atoms with Gasteiger partial charge in [0.1, 0.15) is 29.6 Å². The quantitative estimate of drug-likeness (QED) is 0.506. The van der Waals surface area contributed by atoms with Crippen molar-refractivity contribution in [2.24, 2.45) is 0 Å². The highest BCUT2D eigenvalue weighted by Gasteiger charge is 2.53. The molecule has 0 radical (unpaired) electrons. The Morgan fingerprint density at radius 2 is 1.81 bits per heavy atom. The zero-order valence-electron chi connectivity index (χ0n) is 15.9. The highest BCUT2D eigenvalue weighted by atomic mass is 35.5. The van der Waals surface area contributed by atoms with Crippen LogP contribution in [0.4, 0.5) is 19.3 Å². The van der Waals surface area contributed by atoms with E-state index in [1.165, 1.54) is 40.6 Å². The lowest BCUT2D eigenvalue weighted by molar-refractivity contribution is -0.444. The number of carbonyl (C=O) groups excluding carboxylic acids is 2. The fraction of sp³-hybridized carbons (Fsp3) is 0.0870. The van der Waals surface area contributed by atoms with E-state index in [0.717, 1.165) is 21.4 Å². The molecule has 31 heavy (non-hydrogen) atoms. The minimum absolute atomic E-state index is 0.0794. The van der Waals surface area contributed by atoms with E-state index in [9.17, 15) is 18.4 Å². The molecule has 2 aliphatic rings. The van der Waals surface area contributed by atoms with Crippen LogP contribution >= 0.6 is 23.4 Å². The van der Waals surface area contributed by atoms with Gasteiger partial charge < -0.3 is 0 Å². The summed E-state index contributed by atoms with van der Waals surface area (Å²) in [4.78, 5) is 28.8. The van der Waals surface area contributed by atoms with Crippen molar-refractivity contribution in [3.8, 4) is 0 Å². The molecule has 3 amide bonds. The van der Waals surface area contributed by atoms with Gasteiger partial charge in [-0.05, 0) is 42.0 Å². The number of halogens is 3. The highest BCUT2D eigenvalue weighted by Crippen LogP contribution is 2.41. The van der Waals surface area contributed by atoms with Crippen molar-refractivity contribution < 1.29 is 22.9 Å². The zero-order chi connectivity index (χ0) is 21.7. The molecule has 0 bridgehead atoms. The number of amides is 3. The monoisotopic (exact) mass is 455 g/mol. The third-order valence-corrected chi connectivity index (χ3v) is 6.77. The Bertz CT molecular complexity index is 1290. The number of benzene rings is 3. The molecule has 3 aromatic carbocycles. The lowest BCUT2D eigenvalue weighted by Crippen LogP contribution is -2.55. The van der Waals surface area contributed by atoms with Crippen LogP contribution in [-0.4, -0.2) is 27.5 Å². The summed E-state index contributed by atoms with van der Waals surface area (Å²) in [6.07, 6.45) is 0. The Labute approximate surface area is 185 Å². The van der Waals surface area contributed by atoms with E-state index in [1.807, 2.05) is 24.3 Å². The third kappa shape index (κ3) is 3.34. The van der Waals surface area contributed by atoms with E-state index in [-0.39, 0.29) is 17.3 Å². The molecule has 2 heterocycles. The molecular weight excluding hydrogens is 442 g/mol. The van der Waals surface area contributed by atoms with Crippen molar-refractivity contribution >= 4 is 46.7 Å². The number of fused-ring (bicyclic) bond motifs is 3. The summed E-state index contributed by atoms with van der Waals surface area (Å²) in [6, 6.07) is 16.5. The number of urea groups is 1. The number of imide groups is 1. The van der Waals surface area contributed by atoms with Gasteiger partial charge in [-0.25, -0.2) is 13.6 Å². The topological polar surface area (TPSA) is 40.4 Å². The molecule has 0 aromatic heterocycles. The summed E-state index contributed by atoms with van der Waals surface area (Å²) >= 11 is 7.26. The summed E-state index contributed by atoms with van der Waals surface area (Å²) in [5, 5.41) is -0.848. The maximum atomic E-state index is 13.8. The molecule has 1 unspecified atom stereocenters. The molecule has 0 spiro atoms. The first-order valence-electron chi connectivity index (χ1n) is 9.42. The van der Waals surface area contributed by atoms with Gasteiger partial charge in [-0.1, -0.05) is 35.9 Å². The Morgan fingerprint density at radius 3 is 2.58 bits per heavy atom. The highest BCUT2D eigenvalue weighted by molar-refractivity contribution is 8.02. The molecule has 0 N–H and O–H groups in total. The fourth-order valence-electron chi connectivity index (χ4n) is 3.83. The Kier molecular flexibility index (Phi) is 4.87. The zero-order valence-corrected chi connectivity index (χ0v) is 17.5. The van der Waals surface area contributed by atoms with Gasteiger partial charge in [0, 0.05) is 16.5 Å². The molecule has 0 fully saturated rings. The molecule has 0 saturated carbocycles. The summed E-state index contributed by atoms with van der Waals surface area (Å²) in [5.74, 6) is -1.49. The van der Waals surface area contributed by atoms with Crippen molar-refractivity contribution in [2.75, 3.05) is 4.90 Å². The standard InChI is InChI=1S/C23H14ClF2N2O2S/c24-17-11-15(8-9-18(17)26)28-22(29)21-20(16-6-1-2-7-19(16)31-21)27(23(28)30)12-13-4-3-5-14(25)10-13/h1-11,21H,12H2/q+1. The Balaban J connectivity index is 1.68. The van der Waals surface area contributed by atoms with Crippen molar-refractivity contribution in [2.45, 2.75) is 16.7 Å². The summed E-state index contributed by atoms with van der Waals surface area (Å²) in [5.41, 5.74) is 2.14. The van der Waals surface area contributed by atoms with Crippen molar-refractivity contribution in [3.05, 3.63) is 94.5 Å². The molecule has 4 nitrogen and oxygen atoms in total. The van der Waals surface area contributed by atoms with E-state index < -0.39 is 28.8 Å². The third-order valence-electron chi connectivity index (χ3n) is 5.20. The maximum absolute atomic E-state index is 13.8. The molecular formula is C23H14ClF2N2O2S+. The number of thioether (sulfide) groups is 1. The first kappa shape index (κ1) is 19.9. The number of hydrogen-bond donors (Lipinski definition) is 0. The number of hydrogen-bond acceptors (Lipinski definition) is 3. The lowest BCUT2D eigenvalue weighted by atomic mass is 10.0. The summed E-state index contributed by atoms with van der Waals surface area (Å²) in [7, 11) is 0. The lowest BCUT2D eigenvalue weighted by Gasteiger charge is -2.24. The molecule has 8 heteroatoms. The normalized spacial score (nSPS) is 17.8. The van der Waals surface area contributed by atoms with Crippen LogP contribution in [0.2, 0.25) is 5.02 Å². The van der Waals surface area contributed by atoms with Gasteiger partial charge in [-0.15, -0.1) is 16.7 Å². The fourth-order valence-corrected chi connectivity index (χ4v) is 5.28. The van der Waals surface area contributed by atoms with Gasteiger partial charge in [-0.3, -0.25) is 0 Å². The molecule has 0 aliphatic carbocycles. The number of rotatable bonds is 3. The van der Waals surface area contributed by atoms with Gasteiger partial charge >= 0.3 is 11.9 Å². The number of carbonyl (C=O) groups is 2. The van der Waals surface area contributed by atoms with Crippen LogP contribution in [0, 0.1) is 11.6 Å². The SMILES string of the molecule is O=C1C2Sc3ccccc3C2=[N+](Cc2cccc(F)c2)C(=O)N1c1ccc(F)c(Cl)c1. The predicted octanol–water partition coefficient (Wildman–Crippen LogP) is 5.26. The molecule has 2 aliphatic heterocycles. The first-order chi connectivity index (χ1) is 14.9. The number of nitrogens with zero attached hydrogens (tertiary/aromatic N) is 2. The first-order valence-corrected chi connectivity index (χ1v) is 10.7. The van der Waals surface area contributed by atoms with Crippen LogP contribution in [0.5, 0.6) is 0 Å². The summed E-state index contributed by atoms with van der Waals surface area (Å²) in [6.45, 7) is 0.0794. The van der Waals surface area contributed by atoms with Crippen LogP contribution in [0.1, 0.15) is 11.1 Å². The molecule has 3 aromatic rings. The second-order valence-corrected chi connectivity index (χ2v) is 8.70. The Hall–Kier alpha value is -3.03. The number of anilines is 1. The van der Waals surface area contributed by atoms with Gasteiger partial charge in [0.2, 0.25) is 0 Å².